The van der Waals surface area contributed by atoms with Crippen LogP contribution in [0.2, 0.25) is 0 Å². The molecule has 0 bridgehead atoms. The Morgan fingerprint density at radius 1 is 1.10 bits per heavy atom. The minimum atomic E-state index is -4.90. The van der Waals surface area contributed by atoms with Crippen molar-refractivity contribution in [1.29, 1.82) is 0 Å². The van der Waals surface area contributed by atoms with Gasteiger partial charge >= 0.3 is 12.3 Å². The zero-order chi connectivity index (χ0) is 29.5. The molecule has 1 aliphatic rings. The fourth-order valence-corrected chi connectivity index (χ4v) is 4.50. The molecule has 4 N–H and O–H groups in total. The highest BCUT2D eigenvalue weighted by molar-refractivity contribution is 5.98. The van der Waals surface area contributed by atoms with Crippen LogP contribution in [0.4, 0.5) is 17.6 Å². The molecule has 0 aliphatic heterocycles. The maximum absolute atomic E-state index is 14.4. The molecule has 5 rings (SSSR count). The van der Waals surface area contributed by atoms with Crippen LogP contribution >= 0.6 is 0 Å². The average molecular weight is 573 g/mol. The van der Waals surface area contributed by atoms with Crippen LogP contribution in [0.3, 0.4) is 0 Å². The van der Waals surface area contributed by atoms with Crippen molar-refractivity contribution in [2.75, 3.05) is 0 Å². The number of alkyl halides is 3. The Kier molecular flexibility index (Phi) is 7.04. The van der Waals surface area contributed by atoms with Crippen molar-refractivity contribution in [2.45, 2.75) is 31.5 Å². The Hall–Kier alpha value is -5.05. The van der Waals surface area contributed by atoms with Crippen LogP contribution in [-0.2, 0) is 13.0 Å². The summed E-state index contributed by atoms with van der Waals surface area (Å²) in [5.41, 5.74) is 0.160. The molecule has 1 aliphatic carbocycles. The number of carboxylic acid groups (broad SMARTS) is 1. The van der Waals surface area contributed by atoms with Crippen LogP contribution in [-0.4, -0.2) is 55.1 Å². The van der Waals surface area contributed by atoms with Gasteiger partial charge in [0.05, 0.1) is 23.9 Å². The van der Waals surface area contributed by atoms with Crippen LogP contribution in [0, 0.1) is 5.82 Å². The Bertz CT molecular complexity index is 1690. The number of nitrogens with zero attached hydrogens (tertiary/aromatic N) is 3. The molecule has 0 saturated heterocycles. The second-order valence-corrected chi connectivity index (χ2v) is 9.07. The number of halogens is 4. The number of carbonyl (C=O) groups is 3. The number of fused-ring (bicyclic) bond motifs is 2. The second kappa shape index (κ2) is 10.5. The van der Waals surface area contributed by atoms with E-state index in [1.807, 2.05) is 0 Å². The lowest BCUT2D eigenvalue weighted by molar-refractivity contribution is -0.274. The van der Waals surface area contributed by atoms with Gasteiger partial charge in [-0.2, -0.15) is 5.10 Å². The van der Waals surface area contributed by atoms with Crippen molar-refractivity contribution >= 4 is 23.4 Å². The van der Waals surface area contributed by atoms with Gasteiger partial charge in [0.15, 0.2) is 11.5 Å². The van der Waals surface area contributed by atoms with Crippen LogP contribution in [0.1, 0.15) is 54.1 Å². The van der Waals surface area contributed by atoms with Crippen molar-refractivity contribution in [3.05, 3.63) is 94.2 Å². The van der Waals surface area contributed by atoms with Gasteiger partial charge in [-0.3, -0.25) is 9.59 Å². The number of aromatic carboxylic acids is 1. The standard InChI is InChI=1S/C26H19F4N5O6/c27-17-11-32-35-19(24(38)34-21-16-5-4-13(25(39)40)7-14(16)8-20(21)36)9-18(33-22(17)35)23(37)31-10-12-2-1-3-15(6-12)41-26(28,29)30/h1-7,9,11,20-21,36H,8,10H2,(H,31,37)(H,34,38)(H,39,40)/t20-,21-/m1/s1. The monoisotopic (exact) mass is 573 g/mol. The highest BCUT2D eigenvalue weighted by Crippen LogP contribution is 2.32. The number of amides is 2. The van der Waals surface area contributed by atoms with E-state index in [2.05, 4.69) is 25.5 Å². The molecule has 2 heterocycles. The van der Waals surface area contributed by atoms with E-state index >= 15 is 0 Å². The first-order valence-corrected chi connectivity index (χ1v) is 11.9. The maximum atomic E-state index is 14.4. The van der Waals surface area contributed by atoms with Gasteiger partial charge in [-0.1, -0.05) is 18.2 Å². The minimum Gasteiger partial charge on any atom is -0.478 e. The molecule has 2 aromatic heterocycles. The van der Waals surface area contributed by atoms with Gasteiger partial charge in [0.1, 0.15) is 17.1 Å². The van der Waals surface area contributed by atoms with E-state index < -0.39 is 53.5 Å². The Morgan fingerprint density at radius 3 is 2.61 bits per heavy atom. The molecule has 0 spiro atoms. The molecular formula is C26H19F4N5O6. The molecular weight excluding hydrogens is 554 g/mol. The number of aromatic nitrogens is 3. The van der Waals surface area contributed by atoms with Crippen molar-refractivity contribution in [3.8, 4) is 5.75 Å². The minimum absolute atomic E-state index is 0.0149. The van der Waals surface area contributed by atoms with Crippen LogP contribution in [0.15, 0.2) is 54.7 Å². The molecule has 41 heavy (non-hydrogen) atoms. The third kappa shape index (κ3) is 5.79. The first-order valence-electron chi connectivity index (χ1n) is 11.9. The highest BCUT2D eigenvalue weighted by Gasteiger charge is 2.34. The maximum Gasteiger partial charge on any atom is 0.573 e. The average Bonchev–Trinajstić information content (AvgIpc) is 3.44. The molecule has 0 radical (unpaired) electrons. The fraction of sp³-hybridized carbons (Fsp3) is 0.192. The smallest absolute Gasteiger partial charge is 0.478 e. The number of ether oxygens (including phenoxy) is 1. The van der Waals surface area contributed by atoms with Gasteiger partial charge in [0.25, 0.3) is 11.8 Å². The SMILES string of the molecule is O=C(O)c1ccc2c(c1)C[C@@H](O)[C@@H]2NC(=O)c1cc(C(=O)NCc2cccc(OC(F)(F)F)c2)nc2c(F)cnn12. The molecule has 0 saturated carbocycles. The van der Waals surface area contributed by atoms with E-state index in [4.69, 9.17) is 0 Å². The number of aliphatic hydroxyl groups excluding tert-OH is 1. The van der Waals surface area contributed by atoms with E-state index in [0.29, 0.717) is 11.1 Å². The van der Waals surface area contributed by atoms with E-state index in [9.17, 15) is 42.2 Å². The fourth-order valence-electron chi connectivity index (χ4n) is 4.50. The molecule has 0 unspecified atom stereocenters. The number of hydrogen-bond acceptors (Lipinski definition) is 7. The Balaban J connectivity index is 1.38. The Labute approximate surface area is 227 Å². The lowest BCUT2D eigenvalue weighted by atomic mass is 10.0. The molecule has 2 aromatic carbocycles. The van der Waals surface area contributed by atoms with Gasteiger partial charge in [-0.15, -0.1) is 13.2 Å². The van der Waals surface area contributed by atoms with Crippen molar-refractivity contribution < 1.29 is 46.9 Å². The van der Waals surface area contributed by atoms with Crippen molar-refractivity contribution in [3.63, 3.8) is 0 Å². The van der Waals surface area contributed by atoms with E-state index in [1.54, 1.807) is 0 Å². The van der Waals surface area contributed by atoms with Crippen LogP contribution in [0.5, 0.6) is 5.75 Å². The lowest BCUT2D eigenvalue weighted by Crippen LogP contribution is -2.35. The first kappa shape index (κ1) is 27.5. The molecule has 11 nitrogen and oxygen atoms in total. The number of benzene rings is 2. The zero-order valence-corrected chi connectivity index (χ0v) is 20.6. The number of hydrogen-bond donors (Lipinski definition) is 4. The summed E-state index contributed by atoms with van der Waals surface area (Å²) >= 11 is 0. The summed E-state index contributed by atoms with van der Waals surface area (Å²) in [7, 11) is 0. The van der Waals surface area contributed by atoms with Crippen LogP contribution < -0.4 is 15.4 Å². The van der Waals surface area contributed by atoms with Gasteiger partial charge in [-0.05, 0) is 41.0 Å². The third-order valence-electron chi connectivity index (χ3n) is 6.30. The summed E-state index contributed by atoms with van der Waals surface area (Å²) in [6.07, 6.45) is -5.12. The number of carbonyl (C=O) groups excluding carboxylic acids is 2. The summed E-state index contributed by atoms with van der Waals surface area (Å²) < 4.78 is 56.7. The molecule has 2 atom stereocenters. The number of rotatable bonds is 7. The quantitative estimate of drug-likeness (QED) is 0.246. The van der Waals surface area contributed by atoms with Gasteiger partial charge in [0.2, 0.25) is 0 Å². The largest absolute Gasteiger partial charge is 0.573 e. The highest BCUT2D eigenvalue weighted by atomic mass is 19.4. The summed E-state index contributed by atoms with van der Waals surface area (Å²) in [6, 6.07) is 9.22. The van der Waals surface area contributed by atoms with Gasteiger partial charge < -0.3 is 25.6 Å². The Morgan fingerprint density at radius 2 is 1.88 bits per heavy atom. The summed E-state index contributed by atoms with van der Waals surface area (Å²) in [5.74, 6) is -4.28. The van der Waals surface area contributed by atoms with Gasteiger partial charge in [0, 0.05) is 19.0 Å². The molecule has 15 heteroatoms. The van der Waals surface area contributed by atoms with Crippen molar-refractivity contribution in [1.82, 2.24) is 25.2 Å². The third-order valence-corrected chi connectivity index (χ3v) is 6.30. The summed E-state index contributed by atoms with van der Waals surface area (Å²) in [5, 5.41) is 28.6. The molecule has 212 valence electrons. The van der Waals surface area contributed by atoms with E-state index in [-0.39, 0.29) is 35.5 Å². The summed E-state index contributed by atoms with van der Waals surface area (Å²) in [4.78, 5) is 41.4. The predicted molar refractivity (Wildman–Crippen MR) is 131 cm³/mol. The molecule has 4 aromatic rings. The summed E-state index contributed by atoms with van der Waals surface area (Å²) in [6.45, 7) is -0.243. The van der Waals surface area contributed by atoms with Crippen molar-refractivity contribution in [2.24, 2.45) is 0 Å². The second-order valence-electron chi connectivity index (χ2n) is 9.07. The van der Waals surface area contributed by atoms with Crippen LogP contribution in [0.25, 0.3) is 5.65 Å². The number of nitrogens with one attached hydrogen (secondary N) is 2. The normalized spacial score (nSPS) is 16.3. The molecule has 0 fully saturated rings. The van der Waals surface area contributed by atoms with E-state index in [1.165, 1.54) is 30.3 Å². The molecule has 2 amide bonds. The van der Waals surface area contributed by atoms with Gasteiger partial charge in [-0.25, -0.2) is 18.7 Å². The topological polar surface area (TPSA) is 155 Å². The lowest BCUT2D eigenvalue weighted by Gasteiger charge is -2.18. The number of aliphatic hydroxyl groups is 1. The zero-order valence-electron chi connectivity index (χ0n) is 20.6. The van der Waals surface area contributed by atoms with E-state index in [0.717, 1.165) is 28.9 Å². The number of carboxylic acids is 1. The first-order chi connectivity index (χ1) is 19.4. The predicted octanol–water partition coefficient (Wildman–Crippen LogP) is 2.78.